The molecule has 3 heterocycles. The monoisotopic (exact) mass is 335 g/mol. The molecule has 0 aliphatic carbocycles. The molecule has 0 N–H and O–H groups in total. The Balaban J connectivity index is 1.42. The van der Waals surface area contributed by atoms with Crippen LogP contribution in [-0.2, 0) is 0 Å². The smallest absolute Gasteiger partial charge is 0.276 e. The maximum atomic E-state index is 12.6. The number of carbonyl (C=O) groups is 1. The molecule has 1 amide bonds. The molecule has 1 saturated heterocycles. The molecule has 7 nitrogen and oxygen atoms in total. The number of aromatic nitrogens is 3. The molecule has 7 heteroatoms. The molecule has 4 rings (SSSR count). The van der Waals surface area contributed by atoms with Gasteiger partial charge in [-0.3, -0.25) is 4.79 Å². The Hall–Kier alpha value is -3.22. The lowest BCUT2D eigenvalue weighted by atomic mass is 10.1. The predicted octanol–water partition coefficient (Wildman–Crippen LogP) is 2.09. The van der Waals surface area contributed by atoms with E-state index < -0.39 is 0 Å². The number of rotatable bonds is 3. The van der Waals surface area contributed by atoms with Gasteiger partial charge >= 0.3 is 0 Å². The summed E-state index contributed by atoms with van der Waals surface area (Å²) in [6, 6.07) is 13.1. The molecular weight excluding hydrogens is 318 g/mol. The number of amides is 1. The second kappa shape index (κ2) is 6.72. The van der Waals surface area contributed by atoms with E-state index in [0.717, 1.165) is 5.56 Å². The Kier molecular flexibility index (Phi) is 4.12. The standard InChI is InChI=1S/C18H17N5O2/c24-17(15-13-16(25-21-15)14-5-2-1-3-6-14)22-9-11-23(12-10-22)18-19-7-4-8-20-18/h1-8,13H,9-12H2. The zero-order valence-electron chi connectivity index (χ0n) is 13.6. The Morgan fingerprint density at radius 1 is 0.960 bits per heavy atom. The number of nitrogens with zero attached hydrogens (tertiary/aromatic N) is 5. The summed E-state index contributed by atoms with van der Waals surface area (Å²) in [6.45, 7) is 2.59. The number of carbonyl (C=O) groups excluding carboxylic acids is 1. The van der Waals surface area contributed by atoms with E-state index in [2.05, 4.69) is 20.0 Å². The molecule has 0 spiro atoms. The molecule has 0 atom stereocenters. The molecule has 0 saturated carbocycles. The maximum Gasteiger partial charge on any atom is 0.276 e. The number of anilines is 1. The Morgan fingerprint density at radius 3 is 2.40 bits per heavy atom. The summed E-state index contributed by atoms with van der Waals surface area (Å²) in [5, 5.41) is 3.94. The lowest BCUT2D eigenvalue weighted by Crippen LogP contribution is -2.49. The third kappa shape index (κ3) is 3.21. The van der Waals surface area contributed by atoms with Crippen molar-refractivity contribution in [1.29, 1.82) is 0 Å². The average Bonchev–Trinajstić information content (AvgIpc) is 3.19. The summed E-state index contributed by atoms with van der Waals surface area (Å²) in [6.07, 6.45) is 3.45. The van der Waals surface area contributed by atoms with Crippen LogP contribution in [0.15, 0.2) is 59.4 Å². The lowest BCUT2D eigenvalue weighted by Gasteiger charge is -2.34. The molecule has 1 fully saturated rings. The fraction of sp³-hybridized carbons (Fsp3) is 0.222. The van der Waals surface area contributed by atoms with Crippen LogP contribution >= 0.6 is 0 Å². The van der Waals surface area contributed by atoms with Crippen molar-refractivity contribution in [3.63, 3.8) is 0 Å². The molecule has 126 valence electrons. The highest BCUT2D eigenvalue weighted by Crippen LogP contribution is 2.21. The van der Waals surface area contributed by atoms with Crippen molar-refractivity contribution in [2.24, 2.45) is 0 Å². The average molecular weight is 335 g/mol. The topological polar surface area (TPSA) is 75.4 Å². The zero-order valence-corrected chi connectivity index (χ0v) is 13.6. The predicted molar refractivity (Wildman–Crippen MR) is 92.1 cm³/mol. The first kappa shape index (κ1) is 15.3. The first-order valence-electron chi connectivity index (χ1n) is 8.14. The maximum absolute atomic E-state index is 12.6. The first-order valence-corrected chi connectivity index (χ1v) is 8.14. The van der Waals surface area contributed by atoms with Gasteiger partial charge in [0, 0.05) is 50.2 Å². The zero-order chi connectivity index (χ0) is 17.1. The van der Waals surface area contributed by atoms with Gasteiger partial charge in [-0.25, -0.2) is 9.97 Å². The molecule has 2 aromatic heterocycles. The van der Waals surface area contributed by atoms with Crippen LogP contribution in [0.25, 0.3) is 11.3 Å². The third-order valence-corrected chi connectivity index (χ3v) is 4.19. The highest BCUT2D eigenvalue weighted by Gasteiger charge is 2.25. The number of benzene rings is 1. The van der Waals surface area contributed by atoms with Crippen molar-refractivity contribution in [2.45, 2.75) is 0 Å². The number of piperazine rings is 1. The van der Waals surface area contributed by atoms with E-state index in [4.69, 9.17) is 4.52 Å². The van der Waals surface area contributed by atoms with E-state index in [1.165, 1.54) is 0 Å². The third-order valence-electron chi connectivity index (χ3n) is 4.19. The molecule has 1 aliphatic rings. The summed E-state index contributed by atoms with van der Waals surface area (Å²) in [4.78, 5) is 25.0. The molecule has 3 aromatic rings. The van der Waals surface area contributed by atoms with Gasteiger partial charge in [-0.15, -0.1) is 0 Å². The Bertz CT molecular complexity index is 842. The van der Waals surface area contributed by atoms with Crippen molar-refractivity contribution in [2.75, 3.05) is 31.1 Å². The minimum absolute atomic E-state index is 0.112. The summed E-state index contributed by atoms with van der Waals surface area (Å²) >= 11 is 0. The minimum atomic E-state index is -0.112. The van der Waals surface area contributed by atoms with Crippen LogP contribution in [0.5, 0.6) is 0 Å². The van der Waals surface area contributed by atoms with E-state index in [9.17, 15) is 4.79 Å². The second-order valence-electron chi connectivity index (χ2n) is 5.77. The first-order chi connectivity index (χ1) is 12.3. The molecule has 1 aromatic carbocycles. The highest BCUT2D eigenvalue weighted by molar-refractivity contribution is 5.93. The van der Waals surface area contributed by atoms with Gasteiger partial charge in [-0.1, -0.05) is 35.5 Å². The van der Waals surface area contributed by atoms with Gasteiger partial charge < -0.3 is 14.3 Å². The van der Waals surface area contributed by atoms with Crippen LogP contribution in [0, 0.1) is 0 Å². The van der Waals surface area contributed by atoms with E-state index in [1.54, 1.807) is 29.4 Å². The van der Waals surface area contributed by atoms with Crippen molar-refractivity contribution >= 4 is 11.9 Å². The minimum Gasteiger partial charge on any atom is -0.355 e. The Labute approximate surface area is 144 Å². The largest absolute Gasteiger partial charge is 0.355 e. The van der Waals surface area contributed by atoms with E-state index in [0.29, 0.717) is 43.6 Å². The van der Waals surface area contributed by atoms with Crippen molar-refractivity contribution in [3.8, 4) is 11.3 Å². The molecular formula is C18H17N5O2. The normalized spacial score (nSPS) is 14.6. The SMILES string of the molecule is O=C(c1cc(-c2ccccc2)on1)N1CCN(c2ncccn2)CC1. The van der Waals surface area contributed by atoms with Crippen LogP contribution in [0.4, 0.5) is 5.95 Å². The van der Waals surface area contributed by atoms with Crippen molar-refractivity contribution in [3.05, 3.63) is 60.6 Å². The van der Waals surface area contributed by atoms with E-state index in [1.807, 2.05) is 30.3 Å². The van der Waals surface area contributed by atoms with Crippen LogP contribution in [0.3, 0.4) is 0 Å². The van der Waals surface area contributed by atoms with Crippen LogP contribution in [0.2, 0.25) is 0 Å². The Morgan fingerprint density at radius 2 is 1.68 bits per heavy atom. The summed E-state index contributed by atoms with van der Waals surface area (Å²) in [5.41, 5.74) is 1.24. The van der Waals surface area contributed by atoms with Crippen LogP contribution in [-0.4, -0.2) is 52.1 Å². The number of hydrogen-bond donors (Lipinski definition) is 0. The van der Waals surface area contributed by atoms with E-state index >= 15 is 0 Å². The van der Waals surface area contributed by atoms with Gasteiger partial charge in [0.2, 0.25) is 5.95 Å². The summed E-state index contributed by atoms with van der Waals surface area (Å²) in [7, 11) is 0. The number of hydrogen-bond acceptors (Lipinski definition) is 6. The van der Waals surface area contributed by atoms with Gasteiger partial charge in [0.05, 0.1) is 0 Å². The van der Waals surface area contributed by atoms with Gasteiger partial charge in [0.25, 0.3) is 5.91 Å². The molecule has 25 heavy (non-hydrogen) atoms. The van der Waals surface area contributed by atoms with Gasteiger partial charge in [0.1, 0.15) is 0 Å². The molecule has 0 bridgehead atoms. The fourth-order valence-corrected chi connectivity index (χ4v) is 2.84. The van der Waals surface area contributed by atoms with E-state index in [-0.39, 0.29) is 5.91 Å². The quantitative estimate of drug-likeness (QED) is 0.729. The summed E-state index contributed by atoms with van der Waals surface area (Å²) in [5.74, 6) is 1.18. The van der Waals surface area contributed by atoms with Crippen molar-refractivity contribution < 1.29 is 9.32 Å². The van der Waals surface area contributed by atoms with Gasteiger partial charge in [-0.2, -0.15) is 0 Å². The second-order valence-corrected chi connectivity index (χ2v) is 5.77. The van der Waals surface area contributed by atoms with Gasteiger partial charge in [-0.05, 0) is 6.07 Å². The van der Waals surface area contributed by atoms with Gasteiger partial charge in [0.15, 0.2) is 11.5 Å². The lowest BCUT2D eigenvalue weighted by molar-refractivity contribution is 0.0736. The molecule has 1 aliphatic heterocycles. The van der Waals surface area contributed by atoms with Crippen LogP contribution < -0.4 is 4.90 Å². The molecule has 0 unspecified atom stereocenters. The summed E-state index contributed by atoms with van der Waals surface area (Å²) < 4.78 is 5.33. The highest BCUT2D eigenvalue weighted by atomic mass is 16.5. The fourth-order valence-electron chi connectivity index (χ4n) is 2.84. The molecule has 0 radical (unpaired) electrons. The van der Waals surface area contributed by atoms with Crippen LogP contribution in [0.1, 0.15) is 10.5 Å². The van der Waals surface area contributed by atoms with Crippen molar-refractivity contribution in [1.82, 2.24) is 20.0 Å².